The predicted molar refractivity (Wildman–Crippen MR) is 130 cm³/mol. The summed E-state index contributed by atoms with van der Waals surface area (Å²) >= 11 is 3.02. The fourth-order valence-corrected chi connectivity index (χ4v) is 5.00. The molecule has 1 amide bonds. The van der Waals surface area contributed by atoms with Crippen molar-refractivity contribution in [2.45, 2.75) is 18.6 Å². The van der Waals surface area contributed by atoms with Crippen LogP contribution in [0.1, 0.15) is 10.4 Å². The van der Waals surface area contributed by atoms with Gasteiger partial charge in [0.2, 0.25) is 5.91 Å². The van der Waals surface area contributed by atoms with Gasteiger partial charge in [-0.3, -0.25) is 9.36 Å². The molecule has 6 nitrogen and oxygen atoms in total. The number of nitrogens with one attached hydrogen (secondary N) is 2. The van der Waals surface area contributed by atoms with Crippen molar-refractivity contribution < 1.29 is 4.79 Å². The van der Waals surface area contributed by atoms with E-state index in [2.05, 4.69) is 45.6 Å². The molecule has 0 aliphatic rings. The molecule has 5 rings (SSSR count). The first-order valence-electron chi connectivity index (χ1n) is 10.2. The topological polar surface area (TPSA) is 75.6 Å². The zero-order valence-corrected chi connectivity index (χ0v) is 19.0. The van der Waals surface area contributed by atoms with Crippen molar-refractivity contribution in [1.29, 1.82) is 0 Å². The monoisotopic (exact) mass is 459 g/mol. The van der Waals surface area contributed by atoms with Crippen LogP contribution < -0.4 is 5.32 Å². The molecule has 0 aliphatic heterocycles. The van der Waals surface area contributed by atoms with E-state index in [4.69, 9.17) is 0 Å². The fraction of sp³-hybridized carbons (Fsp3) is 0.125. The molecule has 0 saturated heterocycles. The highest BCUT2D eigenvalue weighted by atomic mass is 32.2. The summed E-state index contributed by atoms with van der Waals surface area (Å²) in [5.41, 5.74) is 4.13. The lowest BCUT2D eigenvalue weighted by molar-refractivity contribution is -0.118. The van der Waals surface area contributed by atoms with Crippen LogP contribution in [0.3, 0.4) is 0 Å². The SMILES string of the molecule is Cc1cccc(-n2c(SCC(=O)NCc3cccs3)nnc2-c2c[nH]c3ccccc23)c1. The summed E-state index contributed by atoms with van der Waals surface area (Å²) in [6.45, 7) is 2.60. The van der Waals surface area contributed by atoms with Crippen LogP contribution in [0.25, 0.3) is 28.0 Å². The van der Waals surface area contributed by atoms with Crippen LogP contribution in [0.4, 0.5) is 0 Å². The summed E-state index contributed by atoms with van der Waals surface area (Å²) in [6, 6.07) is 20.3. The lowest BCUT2D eigenvalue weighted by Gasteiger charge is -2.11. The number of fused-ring (bicyclic) bond motifs is 1. The second-order valence-electron chi connectivity index (χ2n) is 7.37. The van der Waals surface area contributed by atoms with E-state index in [1.54, 1.807) is 11.3 Å². The number of H-pyrrole nitrogens is 1. The van der Waals surface area contributed by atoms with E-state index in [9.17, 15) is 4.79 Å². The van der Waals surface area contributed by atoms with Crippen molar-refractivity contribution in [2.24, 2.45) is 0 Å². The van der Waals surface area contributed by atoms with Crippen LogP contribution in [0.2, 0.25) is 0 Å². The molecule has 0 saturated carbocycles. The second kappa shape index (κ2) is 9.02. The summed E-state index contributed by atoms with van der Waals surface area (Å²) in [7, 11) is 0. The summed E-state index contributed by atoms with van der Waals surface area (Å²) in [4.78, 5) is 16.9. The lowest BCUT2D eigenvalue weighted by Crippen LogP contribution is -2.24. The number of carbonyl (C=O) groups is 1. The quantitative estimate of drug-likeness (QED) is 0.328. The maximum absolute atomic E-state index is 12.4. The summed E-state index contributed by atoms with van der Waals surface area (Å²) in [5.74, 6) is 0.980. The molecule has 32 heavy (non-hydrogen) atoms. The van der Waals surface area contributed by atoms with E-state index >= 15 is 0 Å². The number of para-hydroxylation sites is 1. The minimum absolute atomic E-state index is 0.0316. The van der Waals surface area contributed by atoms with Gasteiger partial charge in [0, 0.05) is 33.2 Å². The number of benzene rings is 2. The van der Waals surface area contributed by atoms with Crippen molar-refractivity contribution in [3.05, 3.63) is 82.7 Å². The molecule has 5 aromatic rings. The number of thiophene rings is 1. The zero-order valence-electron chi connectivity index (χ0n) is 17.4. The molecule has 0 unspecified atom stereocenters. The number of hydrogen-bond acceptors (Lipinski definition) is 5. The van der Waals surface area contributed by atoms with Crippen molar-refractivity contribution in [1.82, 2.24) is 25.1 Å². The van der Waals surface area contributed by atoms with E-state index in [0.29, 0.717) is 11.7 Å². The van der Waals surface area contributed by atoms with Gasteiger partial charge in [-0.2, -0.15) is 0 Å². The highest BCUT2D eigenvalue weighted by Gasteiger charge is 2.19. The average molecular weight is 460 g/mol. The molecule has 0 radical (unpaired) electrons. The highest BCUT2D eigenvalue weighted by Crippen LogP contribution is 2.32. The number of carbonyl (C=O) groups excluding carboxylic acids is 1. The third-order valence-corrected chi connectivity index (χ3v) is 6.90. The summed E-state index contributed by atoms with van der Waals surface area (Å²) in [6.07, 6.45) is 1.96. The Kier molecular flexibility index (Phi) is 5.79. The Labute approximate surface area is 193 Å². The Balaban J connectivity index is 1.46. The molecule has 0 aliphatic carbocycles. The average Bonchev–Trinajstić information content (AvgIpc) is 3.55. The zero-order chi connectivity index (χ0) is 21.9. The number of amides is 1. The van der Waals surface area contributed by atoms with Crippen LogP contribution in [-0.4, -0.2) is 31.4 Å². The molecule has 8 heteroatoms. The van der Waals surface area contributed by atoms with E-state index in [1.807, 2.05) is 58.6 Å². The van der Waals surface area contributed by atoms with Crippen LogP contribution in [0.15, 0.2) is 77.4 Å². The van der Waals surface area contributed by atoms with Gasteiger partial charge in [-0.05, 0) is 42.1 Å². The molecule has 3 aromatic heterocycles. The molecule has 160 valence electrons. The van der Waals surface area contributed by atoms with Crippen molar-refractivity contribution >= 4 is 39.9 Å². The molecule has 0 atom stereocenters. The van der Waals surface area contributed by atoms with Crippen molar-refractivity contribution in [3.8, 4) is 17.1 Å². The number of aromatic amines is 1. The number of thioether (sulfide) groups is 1. The van der Waals surface area contributed by atoms with Gasteiger partial charge in [-0.1, -0.05) is 48.2 Å². The minimum atomic E-state index is -0.0316. The Morgan fingerprint density at radius 3 is 2.88 bits per heavy atom. The minimum Gasteiger partial charge on any atom is -0.360 e. The normalized spacial score (nSPS) is 11.2. The van der Waals surface area contributed by atoms with E-state index in [-0.39, 0.29) is 11.7 Å². The van der Waals surface area contributed by atoms with Gasteiger partial charge in [0.15, 0.2) is 11.0 Å². The first-order valence-corrected chi connectivity index (χ1v) is 12.1. The highest BCUT2D eigenvalue weighted by molar-refractivity contribution is 7.99. The summed E-state index contributed by atoms with van der Waals surface area (Å²) < 4.78 is 2.03. The first kappa shape index (κ1) is 20.5. The van der Waals surface area contributed by atoms with Gasteiger partial charge >= 0.3 is 0 Å². The largest absolute Gasteiger partial charge is 0.360 e. The van der Waals surface area contributed by atoms with E-state index in [1.165, 1.54) is 11.8 Å². The molecule has 0 spiro atoms. The first-order chi connectivity index (χ1) is 15.7. The van der Waals surface area contributed by atoms with Gasteiger partial charge in [0.25, 0.3) is 0 Å². The molecular formula is C24H21N5OS2. The van der Waals surface area contributed by atoms with Crippen molar-refractivity contribution in [2.75, 3.05) is 5.75 Å². The van der Waals surface area contributed by atoms with Crippen LogP contribution in [-0.2, 0) is 11.3 Å². The predicted octanol–water partition coefficient (Wildman–Crippen LogP) is 5.19. The van der Waals surface area contributed by atoms with Gasteiger partial charge in [0.1, 0.15) is 0 Å². The molecular weight excluding hydrogens is 438 g/mol. The van der Waals surface area contributed by atoms with Crippen LogP contribution in [0.5, 0.6) is 0 Å². The van der Waals surface area contributed by atoms with Gasteiger partial charge in [-0.15, -0.1) is 21.5 Å². The Hall–Kier alpha value is -3.36. The maximum Gasteiger partial charge on any atom is 0.230 e. The van der Waals surface area contributed by atoms with Crippen molar-refractivity contribution in [3.63, 3.8) is 0 Å². The van der Waals surface area contributed by atoms with Gasteiger partial charge in [0.05, 0.1) is 12.3 Å². The van der Waals surface area contributed by atoms with Crippen LogP contribution >= 0.6 is 23.1 Å². The maximum atomic E-state index is 12.4. The molecule has 3 heterocycles. The lowest BCUT2D eigenvalue weighted by atomic mass is 10.1. The molecule has 2 N–H and O–H groups in total. The third-order valence-electron chi connectivity index (χ3n) is 5.10. The number of nitrogens with zero attached hydrogens (tertiary/aromatic N) is 3. The fourth-order valence-electron chi connectivity index (χ4n) is 3.57. The summed E-state index contributed by atoms with van der Waals surface area (Å²) in [5, 5.41) is 15.7. The second-order valence-corrected chi connectivity index (χ2v) is 9.35. The Morgan fingerprint density at radius 2 is 2.03 bits per heavy atom. The van der Waals surface area contributed by atoms with Gasteiger partial charge < -0.3 is 10.3 Å². The standard InChI is InChI=1S/C24H21N5OS2/c1-16-6-4-7-17(12-16)29-23(20-14-25-21-10-3-2-9-19(20)21)27-28-24(29)32-15-22(30)26-13-18-8-5-11-31-18/h2-12,14,25H,13,15H2,1H3,(H,26,30). The van der Waals surface area contributed by atoms with Gasteiger partial charge in [-0.25, -0.2) is 0 Å². The molecule has 0 bridgehead atoms. The van der Waals surface area contributed by atoms with E-state index < -0.39 is 0 Å². The number of rotatable bonds is 7. The Morgan fingerprint density at radius 1 is 1.12 bits per heavy atom. The van der Waals surface area contributed by atoms with E-state index in [0.717, 1.165) is 38.4 Å². The number of aryl methyl sites for hydroxylation is 1. The number of aromatic nitrogens is 4. The Bertz CT molecular complexity index is 1370. The van der Waals surface area contributed by atoms with Crippen LogP contribution in [0, 0.1) is 6.92 Å². The third kappa shape index (κ3) is 4.19. The molecule has 2 aromatic carbocycles. The molecule has 0 fully saturated rings. The smallest absolute Gasteiger partial charge is 0.230 e. The number of hydrogen-bond donors (Lipinski definition) is 2.